The molecule has 2 atom stereocenters. The van der Waals surface area contributed by atoms with Crippen LogP contribution in [0.25, 0.3) is 0 Å². The van der Waals surface area contributed by atoms with Gasteiger partial charge < -0.3 is 5.32 Å². The maximum atomic E-state index is 13.8. The van der Waals surface area contributed by atoms with E-state index >= 15 is 0 Å². The van der Waals surface area contributed by atoms with Gasteiger partial charge in [0.2, 0.25) is 0 Å². The van der Waals surface area contributed by atoms with Crippen LogP contribution < -0.4 is 5.32 Å². The van der Waals surface area contributed by atoms with E-state index in [1.54, 1.807) is 6.07 Å². The molecule has 1 aromatic rings. The summed E-state index contributed by atoms with van der Waals surface area (Å²) in [5.41, 5.74) is 0.766. The van der Waals surface area contributed by atoms with Gasteiger partial charge in [-0.05, 0) is 33.0 Å². The zero-order valence-corrected chi connectivity index (χ0v) is 12.1. The first-order chi connectivity index (χ1) is 8.49. The lowest BCUT2D eigenvalue weighted by Crippen LogP contribution is -2.44. The lowest BCUT2D eigenvalue weighted by Gasteiger charge is -2.36. The molecule has 0 fully saturated rings. The number of nitrogens with one attached hydrogen (secondary N) is 1. The molecule has 2 unspecified atom stereocenters. The van der Waals surface area contributed by atoms with Crippen molar-refractivity contribution in [1.82, 2.24) is 10.2 Å². The van der Waals surface area contributed by atoms with Crippen molar-refractivity contribution in [3.8, 4) is 0 Å². The van der Waals surface area contributed by atoms with Crippen molar-refractivity contribution in [3.63, 3.8) is 0 Å². The Morgan fingerprint density at radius 3 is 2.33 bits per heavy atom. The van der Waals surface area contributed by atoms with Crippen molar-refractivity contribution >= 4 is 0 Å². The molecule has 0 spiro atoms. The van der Waals surface area contributed by atoms with Gasteiger partial charge >= 0.3 is 0 Å². The van der Waals surface area contributed by atoms with E-state index in [2.05, 4.69) is 38.0 Å². The van der Waals surface area contributed by atoms with Crippen LogP contribution in [-0.4, -0.2) is 31.6 Å². The van der Waals surface area contributed by atoms with Crippen LogP contribution in [0.15, 0.2) is 24.3 Å². The van der Waals surface area contributed by atoms with Crippen LogP contribution >= 0.6 is 0 Å². The highest BCUT2D eigenvalue weighted by atomic mass is 19.1. The summed E-state index contributed by atoms with van der Waals surface area (Å²) < 4.78 is 13.8. The Bertz CT molecular complexity index is 365. The van der Waals surface area contributed by atoms with Gasteiger partial charge in [-0.2, -0.15) is 0 Å². The van der Waals surface area contributed by atoms with Crippen LogP contribution in [0.5, 0.6) is 0 Å². The number of rotatable bonds is 6. The molecule has 1 rings (SSSR count). The van der Waals surface area contributed by atoms with Gasteiger partial charge in [-0.1, -0.05) is 32.0 Å². The van der Waals surface area contributed by atoms with Crippen LogP contribution in [0, 0.1) is 11.7 Å². The number of benzene rings is 1. The van der Waals surface area contributed by atoms with Gasteiger partial charge in [-0.25, -0.2) is 4.39 Å². The lowest BCUT2D eigenvalue weighted by molar-refractivity contribution is 0.141. The van der Waals surface area contributed by atoms with E-state index < -0.39 is 0 Å². The standard InChI is InChI=1S/C15H25FN2/c1-11(2)15(10-17-4)18(5)12(3)13-8-6-7-9-14(13)16/h6-9,11-12,15,17H,10H2,1-5H3. The van der Waals surface area contributed by atoms with Gasteiger partial charge in [-0.3, -0.25) is 4.90 Å². The predicted octanol–water partition coefficient (Wildman–Crippen LogP) is 3.06. The predicted molar refractivity (Wildman–Crippen MR) is 75.1 cm³/mol. The minimum atomic E-state index is -0.121. The van der Waals surface area contributed by atoms with E-state index in [9.17, 15) is 4.39 Å². The molecular formula is C15H25FN2. The molecule has 0 radical (unpaired) electrons. The van der Waals surface area contributed by atoms with E-state index in [4.69, 9.17) is 0 Å². The largest absolute Gasteiger partial charge is 0.318 e. The molecule has 0 amide bonds. The van der Waals surface area contributed by atoms with Crippen LogP contribution in [-0.2, 0) is 0 Å². The molecule has 0 saturated carbocycles. The third-order valence-corrected chi connectivity index (χ3v) is 3.67. The molecule has 2 nitrogen and oxygen atoms in total. The first kappa shape index (κ1) is 15.1. The van der Waals surface area contributed by atoms with Gasteiger partial charge in [0.1, 0.15) is 5.82 Å². The maximum absolute atomic E-state index is 13.8. The Kier molecular flexibility index (Phi) is 5.76. The summed E-state index contributed by atoms with van der Waals surface area (Å²) in [4.78, 5) is 2.25. The smallest absolute Gasteiger partial charge is 0.127 e. The number of nitrogens with zero attached hydrogens (tertiary/aromatic N) is 1. The Balaban J connectivity index is 2.88. The molecule has 3 heteroatoms. The quantitative estimate of drug-likeness (QED) is 0.837. The second kappa shape index (κ2) is 6.86. The molecular weight excluding hydrogens is 227 g/mol. The van der Waals surface area contributed by atoms with E-state index in [1.807, 2.05) is 19.2 Å². The molecule has 0 bridgehead atoms. The Morgan fingerprint density at radius 2 is 1.83 bits per heavy atom. The zero-order valence-electron chi connectivity index (χ0n) is 12.1. The van der Waals surface area contributed by atoms with Gasteiger partial charge in [0.05, 0.1) is 0 Å². The zero-order chi connectivity index (χ0) is 13.7. The van der Waals surface area contributed by atoms with E-state index in [-0.39, 0.29) is 11.9 Å². The molecule has 0 aliphatic carbocycles. The third-order valence-electron chi connectivity index (χ3n) is 3.67. The second-order valence-corrected chi connectivity index (χ2v) is 5.23. The highest BCUT2D eigenvalue weighted by Gasteiger charge is 2.24. The van der Waals surface area contributed by atoms with Crippen molar-refractivity contribution in [1.29, 1.82) is 0 Å². The van der Waals surface area contributed by atoms with E-state index in [0.29, 0.717) is 12.0 Å². The lowest BCUT2D eigenvalue weighted by atomic mass is 9.98. The van der Waals surface area contributed by atoms with Crippen LogP contribution in [0.4, 0.5) is 4.39 Å². The van der Waals surface area contributed by atoms with Gasteiger partial charge in [0.15, 0.2) is 0 Å². The number of halogens is 1. The molecule has 1 N–H and O–H groups in total. The summed E-state index contributed by atoms with van der Waals surface area (Å²) in [6.07, 6.45) is 0. The Labute approximate surface area is 110 Å². The molecule has 102 valence electrons. The fraction of sp³-hybridized carbons (Fsp3) is 0.600. The highest BCUT2D eigenvalue weighted by molar-refractivity contribution is 5.20. The molecule has 0 heterocycles. The van der Waals surface area contributed by atoms with Crippen molar-refractivity contribution in [2.24, 2.45) is 5.92 Å². The summed E-state index contributed by atoms with van der Waals surface area (Å²) in [5, 5.41) is 3.22. The average Bonchev–Trinajstić information content (AvgIpc) is 2.34. The SMILES string of the molecule is CNCC(C(C)C)N(C)C(C)c1ccccc1F. The molecule has 0 aliphatic rings. The molecule has 18 heavy (non-hydrogen) atoms. The van der Waals surface area contributed by atoms with Gasteiger partial charge in [-0.15, -0.1) is 0 Å². The first-order valence-electron chi connectivity index (χ1n) is 6.60. The van der Waals surface area contributed by atoms with Crippen molar-refractivity contribution in [3.05, 3.63) is 35.6 Å². The van der Waals surface area contributed by atoms with Crippen LogP contribution in [0.3, 0.4) is 0 Å². The van der Waals surface area contributed by atoms with Crippen molar-refractivity contribution < 1.29 is 4.39 Å². The first-order valence-corrected chi connectivity index (χ1v) is 6.60. The van der Waals surface area contributed by atoms with E-state index in [1.165, 1.54) is 6.07 Å². The maximum Gasteiger partial charge on any atom is 0.127 e. The second-order valence-electron chi connectivity index (χ2n) is 5.23. The molecule has 1 aromatic carbocycles. The van der Waals surface area contributed by atoms with Gasteiger partial charge in [0.25, 0.3) is 0 Å². The third kappa shape index (κ3) is 3.53. The number of likely N-dealkylation sites (N-methyl/N-ethyl adjacent to an activating group) is 2. The van der Waals surface area contributed by atoms with E-state index in [0.717, 1.165) is 12.1 Å². The Hall–Kier alpha value is -0.930. The number of hydrogen-bond acceptors (Lipinski definition) is 2. The van der Waals surface area contributed by atoms with Crippen LogP contribution in [0.2, 0.25) is 0 Å². The average molecular weight is 252 g/mol. The van der Waals surface area contributed by atoms with Crippen molar-refractivity contribution in [2.75, 3.05) is 20.6 Å². The Morgan fingerprint density at radius 1 is 1.22 bits per heavy atom. The summed E-state index contributed by atoms with van der Waals surface area (Å²) in [6, 6.07) is 7.50. The summed E-state index contributed by atoms with van der Waals surface area (Å²) in [6.45, 7) is 7.37. The summed E-state index contributed by atoms with van der Waals surface area (Å²) in [5.74, 6) is 0.403. The fourth-order valence-corrected chi connectivity index (χ4v) is 2.38. The highest BCUT2D eigenvalue weighted by Crippen LogP contribution is 2.25. The van der Waals surface area contributed by atoms with Crippen LogP contribution in [0.1, 0.15) is 32.4 Å². The normalized spacial score (nSPS) is 15.1. The topological polar surface area (TPSA) is 15.3 Å². The molecule has 0 aromatic heterocycles. The van der Waals surface area contributed by atoms with Crippen molar-refractivity contribution in [2.45, 2.75) is 32.9 Å². The molecule has 0 saturated heterocycles. The van der Waals surface area contributed by atoms with Gasteiger partial charge in [0, 0.05) is 24.2 Å². The number of hydrogen-bond donors (Lipinski definition) is 1. The molecule has 0 aliphatic heterocycles. The fourth-order valence-electron chi connectivity index (χ4n) is 2.38. The minimum absolute atomic E-state index is 0.0759. The monoisotopic (exact) mass is 252 g/mol. The minimum Gasteiger partial charge on any atom is -0.318 e. The summed E-state index contributed by atoms with van der Waals surface area (Å²) in [7, 11) is 4.02. The summed E-state index contributed by atoms with van der Waals surface area (Å²) >= 11 is 0.